The summed E-state index contributed by atoms with van der Waals surface area (Å²) in [6, 6.07) is 0. The molecule has 0 bridgehead atoms. The van der Waals surface area contributed by atoms with Gasteiger partial charge in [0.2, 0.25) is 5.95 Å². The van der Waals surface area contributed by atoms with Gasteiger partial charge in [0.05, 0.1) is 17.3 Å². The number of nitrogens with zero attached hydrogens (tertiary/aromatic N) is 3. The molecule has 0 saturated carbocycles. The fraction of sp³-hybridized carbons (Fsp3) is 0.455. The molecule has 0 unspecified atom stereocenters. The molecule has 2 aromatic rings. The predicted octanol–water partition coefficient (Wildman–Crippen LogP) is 1.37. The smallest absolute Gasteiger partial charge is 0.316 e. The molecular formula is C11H15N5O2S. The first-order valence-corrected chi connectivity index (χ1v) is 6.65. The summed E-state index contributed by atoms with van der Waals surface area (Å²) in [5, 5.41) is 7.94. The van der Waals surface area contributed by atoms with Gasteiger partial charge in [0.25, 0.3) is 0 Å². The fourth-order valence-corrected chi connectivity index (χ4v) is 2.21. The Hall–Kier alpha value is -1.83. The fourth-order valence-electron chi connectivity index (χ4n) is 1.43. The van der Waals surface area contributed by atoms with Gasteiger partial charge >= 0.3 is 5.97 Å². The van der Waals surface area contributed by atoms with Crippen molar-refractivity contribution >= 4 is 34.7 Å². The Bertz CT molecular complexity index is 605. The number of ether oxygens (including phenoxy) is 1. The van der Waals surface area contributed by atoms with E-state index < -0.39 is 5.60 Å². The standard InChI is InChI=1S/C11H15N5O2S/c1-11(2,3)18-7(17)5-19-9-6-4-13-16-8(6)14-10(12)15-9/h4H,5H2,1-3H3,(H3,12,13,14,15,16). The van der Waals surface area contributed by atoms with Crippen LogP contribution in [-0.4, -0.2) is 37.5 Å². The largest absolute Gasteiger partial charge is 0.459 e. The van der Waals surface area contributed by atoms with Crippen molar-refractivity contribution in [3.05, 3.63) is 6.20 Å². The van der Waals surface area contributed by atoms with Crippen LogP contribution in [0.5, 0.6) is 0 Å². The molecule has 2 rings (SSSR count). The van der Waals surface area contributed by atoms with E-state index in [1.807, 2.05) is 20.8 Å². The van der Waals surface area contributed by atoms with E-state index in [-0.39, 0.29) is 17.7 Å². The molecule has 0 aliphatic heterocycles. The van der Waals surface area contributed by atoms with Gasteiger partial charge in [0.15, 0.2) is 5.65 Å². The summed E-state index contributed by atoms with van der Waals surface area (Å²) in [6.07, 6.45) is 1.60. The predicted molar refractivity (Wildman–Crippen MR) is 72.7 cm³/mol. The van der Waals surface area contributed by atoms with Gasteiger partial charge in [0.1, 0.15) is 10.6 Å². The highest BCUT2D eigenvalue weighted by atomic mass is 32.2. The number of nitrogen functional groups attached to an aromatic ring is 1. The van der Waals surface area contributed by atoms with Gasteiger partial charge in [-0.3, -0.25) is 9.89 Å². The van der Waals surface area contributed by atoms with Crippen LogP contribution >= 0.6 is 11.8 Å². The van der Waals surface area contributed by atoms with Crippen LogP contribution in [0.15, 0.2) is 11.2 Å². The first kappa shape index (κ1) is 13.6. The Balaban J connectivity index is 2.09. The van der Waals surface area contributed by atoms with E-state index in [2.05, 4.69) is 20.2 Å². The van der Waals surface area contributed by atoms with Crippen molar-refractivity contribution in [3.8, 4) is 0 Å². The van der Waals surface area contributed by atoms with Gasteiger partial charge in [-0.2, -0.15) is 10.1 Å². The molecule has 8 heteroatoms. The van der Waals surface area contributed by atoms with E-state index in [4.69, 9.17) is 10.5 Å². The molecule has 0 aliphatic rings. The van der Waals surface area contributed by atoms with E-state index in [1.165, 1.54) is 11.8 Å². The number of nitrogens with two attached hydrogens (primary N) is 1. The third-order valence-electron chi connectivity index (χ3n) is 2.04. The summed E-state index contributed by atoms with van der Waals surface area (Å²) >= 11 is 1.25. The summed E-state index contributed by atoms with van der Waals surface area (Å²) in [5.41, 5.74) is 5.65. The van der Waals surface area contributed by atoms with Crippen molar-refractivity contribution in [2.24, 2.45) is 0 Å². The molecule has 0 aromatic carbocycles. The Labute approximate surface area is 114 Å². The maximum atomic E-state index is 11.7. The van der Waals surface area contributed by atoms with Gasteiger partial charge in [-0.1, -0.05) is 11.8 Å². The molecule has 0 saturated heterocycles. The third-order valence-corrected chi connectivity index (χ3v) is 3.00. The van der Waals surface area contributed by atoms with Crippen LogP contribution in [0.1, 0.15) is 20.8 Å². The molecule has 0 radical (unpaired) electrons. The van der Waals surface area contributed by atoms with Gasteiger partial charge < -0.3 is 10.5 Å². The summed E-state index contributed by atoms with van der Waals surface area (Å²) < 4.78 is 5.23. The van der Waals surface area contributed by atoms with Crippen LogP contribution in [0, 0.1) is 0 Å². The van der Waals surface area contributed by atoms with Crippen molar-refractivity contribution in [2.75, 3.05) is 11.5 Å². The lowest BCUT2D eigenvalue weighted by atomic mass is 10.2. The molecule has 2 heterocycles. The molecule has 19 heavy (non-hydrogen) atoms. The van der Waals surface area contributed by atoms with E-state index in [1.54, 1.807) is 6.20 Å². The summed E-state index contributed by atoms with van der Waals surface area (Å²) in [5.74, 6) is 0.00309. The lowest BCUT2D eigenvalue weighted by Gasteiger charge is -2.19. The molecule has 0 amide bonds. The second-order valence-corrected chi connectivity index (χ2v) is 5.86. The van der Waals surface area contributed by atoms with Gasteiger partial charge in [-0.05, 0) is 20.8 Å². The van der Waals surface area contributed by atoms with Crippen LogP contribution in [0.4, 0.5) is 5.95 Å². The Morgan fingerprint density at radius 2 is 2.21 bits per heavy atom. The number of hydrogen-bond donors (Lipinski definition) is 2. The number of thioether (sulfide) groups is 1. The third kappa shape index (κ3) is 3.57. The number of rotatable bonds is 3. The number of nitrogens with one attached hydrogen (secondary N) is 1. The van der Waals surface area contributed by atoms with Gasteiger partial charge in [0, 0.05) is 0 Å². The van der Waals surface area contributed by atoms with E-state index in [9.17, 15) is 4.79 Å². The minimum absolute atomic E-state index is 0.142. The number of aromatic nitrogens is 4. The number of H-pyrrole nitrogens is 1. The van der Waals surface area contributed by atoms with Crippen molar-refractivity contribution in [2.45, 2.75) is 31.4 Å². The monoisotopic (exact) mass is 281 g/mol. The maximum absolute atomic E-state index is 11.7. The van der Waals surface area contributed by atoms with Crippen LogP contribution < -0.4 is 5.73 Å². The first-order chi connectivity index (χ1) is 8.85. The lowest BCUT2D eigenvalue weighted by molar-refractivity contribution is -0.151. The highest BCUT2D eigenvalue weighted by molar-refractivity contribution is 8.00. The highest BCUT2D eigenvalue weighted by Crippen LogP contribution is 2.25. The molecule has 0 atom stereocenters. The number of carbonyl (C=O) groups is 1. The number of esters is 1. The molecule has 2 aromatic heterocycles. The SMILES string of the molecule is CC(C)(C)OC(=O)CSc1nc(N)nc2[nH]ncc12. The zero-order valence-corrected chi connectivity index (χ0v) is 11.7. The second-order valence-electron chi connectivity index (χ2n) is 4.89. The Kier molecular flexibility index (Phi) is 3.61. The number of carbonyl (C=O) groups excluding carboxylic acids is 1. The molecule has 0 fully saturated rings. The normalized spacial score (nSPS) is 11.7. The van der Waals surface area contributed by atoms with Crippen molar-refractivity contribution in [3.63, 3.8) is 0 Å². The lowest BCUT2D eigenvalue weighted by Crippen LogP contribution is -2.24. The molecule has 7 nitrogen and oxygen atoms in total. The number of fused-ring (bicyclic) bond motifs is 1. The number of aromatic amines is 1. The zero-order valence-electron chi connectivity index (χ0n) is 10.9. The van der Waals surface area contributed by atoms with Crippen LogP contribution in [-0.2, 0) is 9.53 Å². The van der Waals surface area contributed by atoms with E-state index in [0.29, 0.717) is 10.7 Å². The molecule has 0 aliphatic carbocycles. The van der Waals surface area contributed by atoms with E-state index in [0.717, 1.165) is 5.39 Å². The second kappa shape index (κ2) is 5.04. The van der Waals surface area contributed by atoms with Crippen LogP contribution in [0.2, 0.25) is 0 Å². The number of hydrogen-bond acceptors (Lipinski definition) is 7. The van der Waals surface area contributed by atoms with Gasteiger partial charge in [-0.25, -0.2) is 4.98 Å². The molecule has 102 valence electrons. The summed E-state index contributed by atoms with van der Waals surface area (Å²) in [7, 11) is 0. The zero-order chi connectivity index (χ0) is 14.0. The number of anilines is 1. The van der Waals surface area contributed by atoms with Crippen molar-refractivity contribution in [1.29, 1.82) is 0 Å². The maximum Gasteiger partial charge on any atom is 0.316 e. The summed E-state index contributed by atoms with van der Waals surface area (Å²) in [6.45, 7) is 5.48. The molecule has 3 N–H and O–H groups in total. The minimum Gasteiger partial charge on any atom is -0.459 e. The van der Waals surface area contributed by atoms with Crippen LogP contribution in [0.3, 0.4) is 0 Å². The molecular weight excluding hydrogens is 266 g/mol. The molecule has 0 spiro atoms. The van der Waals surface area contributed by atoms with Crippen LogP contribution in [0.25, 0.3) is 11.0 Å². The highest BCUT2D eigenvalue weighted by Gasteiger charge is 2.17. The average molecular weight is 281 g/mol. The topological polar surface area (TPSA) is 107 Å². The summed E-state index contributed by atoms with van der Waals surface area (Å²) in [4.78, 5) is 19.8. The quantitative estimate of drug-likeness (QED) is 0.497. The average Bonchev–Trinajstić information content (AvgIpc) is 2.71. The Morgan fingerprint density at radius 3 is 2.89 bits per heavy atom. The first-order valence-electron chi connectivity index (χ1n) is 5.66. The Morgan fingerprint density at radius 1 is 1.47 bits per heavy atom. The van der Waals surface area contributed by atoms with E-state index >= 15 is 0 Å². The van der Waals surface area contributed by atoms with Crippen molar-refractivity contribution in [1.82, 2.24) is 20.2 Å². The van der Waals surface area contributed by atoms with Crippen molar-refractivity contribution < 1.29 is 9.53 Å². The minimum atomic E-state index is -0.493. The van der Waals surface area contributed by atoms with Gasteiger partial charge in [-0.15, -0.1) is 0 Å².